The third-order valence-corrected chi connectivity index (χ3v) is 3.98. The number of rotatable bonds is 5. The van der Waals surface area contributed by atoms with E-state index >= 15 is 0 Å². The number of hydrogen-bond acceptors (Lipinski definition) is 4. The molecule has 0 aliphatic rings. The first-order valence-corrected chi connectivity index (χ1v) is 8.47. The van der Waals surface area contributed by atoms with Gasteiger partial charge in [-0.25, -0.2) is 0 Å². The fourth-order valence-corrected chi connectivity index (χ4v) is 2.66. The second-order valence-electron chi connectivity index (χ2n) is 5.96. The number of H-pyrrole nitrogens is 1. The van der Waals surface area contributed by atoms with Gasteiger partial charge in [0.2, 0.25) is 0 Å². The normalized spacial score (nSPS) is 10.1. The summed E-state index contributed by atoms with van der Waals surface area (Å²) in [4.78, 5) is 31.8. The lowest BCUT2D eigenvalue weighted by atomic mass is 10.1. The van der Waals surface area contributed by atoms with Gasteiger partial charge in [-0.3, -0.25) is 14.6 Å². The Morgan fingerprint density at radius 3 is 2.74 bits per heavy atom. The van der Waals surface area contributed by atoms with Crippen molar-refractivity contribution >= 4 is 22.6 Å². The summed E-state index contributed by atoms with van der Waals surface area (Å²) >= 11 is 0. The molecule has 2 aromatic heterocycles. The zero-order valence-electron chi connectivity index (χ0n) is 15.1. The van der Waals surface area contributed by atoms with Crippen molar-refractivity contribution < 1.29 is 14.3 Å². The topological polar surface area (TPSA) is 84.1 Å². The lowest BCUT2D eigenvalue weighted by Crippen LogP contribution is -2.31. The number of aromatic nitrogens is 2. The van der Waals surface area contributed by atoms with Crippen LogP contribution in [0, 0.1) is 25.7 Å². The molecular formula is C21H19N3O3. The number of aromatic amines is 1. The minimum absolute atomic E-state index is 0.0709. The molecule has 3 rings (SSSR count). The maximum absolute atomic E-state index is 12.5. The molecule has 0 bridgehead atoms. The van der Waals surface area contributed by atoms with Crippen LogP contribution in [0.2, 0.25) is 0 Å². The number of pyridine rings is 1. The van der Waals surface area contributed by atoms with E-state index in [4.69, 9.17) is 4.74 Å². The zero-order valence-corrected chi connectivity index (χ0v) is 15.1. The average Bonchev–Trinajstić information content (AvgIpc) is 3.00. The quantitative estimate of drug-likeness (QED) is 0.416. The lowest BCUT2D eigenvalue weighted by molar-refractivity contribution is -0.116. The van der Waals surface area contributed by atoms with Gasteiger partial charge in [-0.15, -0.1) is 0 Å². The van der Waals surface area contributed by atoms with Crippen molar-refractivity contribution in [2.24, 2.45) is 0 Å². The van der Waals surface area contributed by atoms with Gasteiger partial charge in [0.05, 0.1) is 18.3 Å². The van der Waals surface area contributed by atoms with Gasteiger partial charge < -0.3 is 15.0 Å². The predicted octanol–water partition coefficient (Wildman–Crippen LogP) is 2.56. The maximum atomic E-state index is 12.5. The van der Waals surface area contributed by atoms with Gasteiger partial charge in [-0.1, -0.05) is 30.0 Å². The molecule has 1 aromatic carbocycles. The van der Waals surface area contributed by atoms with Crippen LogP contribution < -0.4 is 10.1 Å². The second kappa shape index (κ2) is 8.19. The second-order valence-corrected chi connectivity index (χ2v) is 5.96. The van der Waals surface area contributed by atoms with Crippen molar-refractivity contribution in [1.29, 1.82) is 0 Å². The van der Waals surface area contributed by atoms with Gasteiger partial charge >= 0.3 is 0 Å². The highest BCUT2D eigenvalue weighted by molar-refractivity contribution is 6.45. The molecule has 6 nitrogen and oxygen atoms in total. The molecule has 136 valence electrons. The summed E-state index contributed by atoms with van der Waals surface area (Å²) in [6.45, 7) is 3.92. The maximum Gasteiger partial charge on any atom is 0.293 e. The SMILES string of the molecule is Cc1ccc(OCC#CCNC(=O)C(=O)c2c(C)[nH]c3ccccc23)cn1. The van der Waals surface area contributed by atoms with Gasteiger partial charge in [0.25, 0.3) is 11.7 Å². The van der Waals surface area contributed by atoms with E-state index < -0.39 is 11.7 Å². The highest BCUT2D eigenvalue weighted by Crippen LogP contribution is 2.22. The van der Waals surface area contributed by atoms with Crippen molar-refractivity contribution in [3.63, 3.8) is 0 Å². The number of carbonyl (C=O) groups excluding carboxylic acids is 2. The van der Waals surface area contributed by atoms with E-state index in [0.29, 0.717) is 17.0 Å². The number of ketones is 1. The molecule has 0 radical (unpaired) electrons. The van der Waals surface area contributed by atoms with Crippen molar-refractivity contribution in [1.82, 2.24) is 15.3 Å². The molecule has 0 aliphatic heterocycles. The first-order chi connectivity index (χ1) is 13.1. The summed E-state index contributed by atoms with van der Waals surface area (Å²) in [5, 5.41) is 3.26. The Labute approximate surface area is 157 Å². The monoisotopic (exact) mass is 361 g/mol. The molecule has 0 spiro atoms. The number of hydrogen-bond donors (Lipinski definition) is 2. The van der Waals surface area contributed by atoms with Crippen LogP contribution in [0.15, 0.2) is 42.6 Å². The summed E-state index contributed by atoms with van der Waals surface area (Å²) in [7, 11) is 0. The lowest BCUT2D eigenvalue weighted by Gasteiger charge is -2.02. The Hall–Kier alpha value is -3.59. The van der Waals surface area contributed by atoms with Gasteiger partial charge in [-0.05, 0) is 32.0 Å². The number of aryl methyl sites for hydroxylation is 2. The predicted molar refractivity (Wildman–Crippen MR) is 103 cm³/mol. The van der Waals surface area contributed by atoms with Crippen LogP contribution >= 0.6 is 0 Å². The molecule has 27 heavy (non-hydrogen) atoms. The van der Waals surface area contributed by atoms with Gasteiger partial charge in [0.1, 0.15) is 12.4 Å². The largest absolute Gasteiger partial charge is 0.479 e. The van der Waals surface area contributed by atoms with E-state index in [0.717, 1.165) is 16.6 Å². The molecule has 1 amide bonds. The van der Waals surface area contributed by atoms with Crippen LogP contribution in [0.3, 0.4) is 0 Å². The molecule has 0 fully saturated rings. The smallest absolute Gasteiger partial charge is 0.293 e. The molecule has 6 heteroatoms. The first kappa shape index (κ1) is 18.2. The Kier molecular flexibility index (Phi) is 5.53. The number of nitrogens with zero attached hydrogens (tertiary/aromatic N) is 1. The average molecular weight is 361 g/mol. The molecule has 3 aromatic rings. The summed E-state index contributed by atoms with van der Waals surface area (Å²) in [6, 6.07) is 11.0. The number of carbonyl (C=O) groups is 2. The third-order valence-electron chi connectivity index (χ3n) is 3.98. The minimum atomic E-state index is -0.680. The number of nitrogens with one attached hydrogen (secondary N) is 2. The zero-order chi connectivity index (χ0) is 19.2. The van der Waals surface area contributed by atoms with E-state index in [2.05, 4.69) is 27.1 Å². The fraction of sp³-hybridized carbons (Fsp3) is 0.190. The Morgan fingerprint density at radius 2 is 1.96 bits per heavy atom. The summed E-state index contributed by atoms with van der Waals surface area (Å²) in [5.41, 5.74) is 2.80. The molecule has 0 unspecified atom stereocenters. The number of Topliss-reactive ketones (excluding diaryl/α,β-unsaturated/α-hetero) is 1. The van der Waals surface area contributed by atoms with E-state index in [1.807, 2.05) is 43.3 Å². The van der Waals surface area contributed by atoms with E-state index in [1.54, 1.807) is 13.1 Å². The summed E-state index contributed by atoms with van der Waals surface area (Å²) in [6.07, 6.45) is 1.63. The first-order valence-electron chi connectivity index (χ1n) is 8.47. The van der Waals surface area contributed by atoms with Crippen LogP contribution in [-0.4, -0.2) is 34.8 Å². The van der Waals surface area contributed by atoms with Crippen molar-refractivity contribution in [2.45, 2.75) is 13.8 Å². The molecule has 0 atom stereocenters. The van der Waals surface area contributed by atoms with Crippen molar-refractivity contribution in [3.05, 3.63) is 59.5 Å². The standard InChI is InChI=1S/C21H19N3O3/c1-14-9-10-16(13-23-14)27-12-6-5-11-22-21(26)20(25)19-15(2)24-18-8-4-3-7-17(18)19/h3-4,7-10,13,24H,11-12H2,1-2H3,(H,22,26). The van der Waals surface area contributed by atoms with Crippen molar-refractivity contribution in [3.8, 4) is 17.6 Å². The summed E-state index contributed by atoms with van der Waals surface area (Å²) in [5.74, 6) is 4.92. The molecule has 2 N–H and O–H groups in total. The van der Waals surface area contributed by atoms with Crippen LogP contribution in [0.4, 0.5) is 0 Å². The Bertz CT molecular complexity index is 1040. The van der Waals surface area contributed by atoms with E-state index in [1.165, 1.54) is 0 Å². The third kappa shape index (κ3) is 4.33. The van der Waals surface area contributed by atoms with Gasteiger partial charge in [0.15, 0.2) is 0 Å². The Morgan fingerprint density at radius 1 is 1.15 bits per heavy atom. The van der Waals surface area contributed by atoms with Crippen LogP contribution in [0.25, 0.3) is 10.9 Å². The van der Waals surface area contributed by atoms with Crippen LogP contribution in [0.1, 0.15) is 21.7 Å². The molecule has 2 heterocycles. The number of benzene rings is 1. The van der Waals surface area contributed by atoms with Gasteiger partial charge in [0, 0.05) is 22.3 Å². The molecule has 0 aliphatic carbocycles. The fourth-order valence-electron chi connectivity index (χ4n) is 2.66. The van der Waals surface area contributed by atoms with Crippen LogP contribution in [0.5, 0.6) is 5.75 Å². The minimum Gasteiger partial charge on any atom is -0.479 e. The Balaban J connectivity index is 1.53. The van der Waals surface area contributed by atoms with Crippen LogP contribution in [-0.2, 0) is 4.79 Å². The molecular weight excluding hydrogens is 342 g/mol. The van der Waals surface area contributed by atoms with E-state index in [9.17, 15) is 9.59 Å². The van der Waals surface area contributed by atoms with E-state index in [-0.39, 0.29) is 13.2 Å². The van der Waals surface area contributed by atoms with Crippen molar-refractivity contribution in [2.75, 3.05) is 13.2 Å². The number of amides is 1. The highest BCUT2D eigenvalue weighted by Gasteiger charge is 2.21. The molecule has 0 saturated heterocycles. The number of fused-ring (bicyclic) bond motifs is 1. The number of ether oxygens (including phenoxy) is 1. The summed E-state index contributed by atoms with van der Waals surface area (Å²) < 4.78 is 5.42. The van der Waals surface area contributed by atoms with Gasteiger partial charge in [-0.2, -0.15) is 0 Å². The number of para-hydroxylation sites is 1. The molecule has 0 saturated carbocycles. The highest BCUT2D eigenvalue weighted by atomic mass is 16.5.